The average molecular weight is 488 g/mol. The molecule has 0 aromatic carbocycles. The lowest BCUT2D eigenvalue weighted by Crippen LogP contribution is -2.78. The molecule has 0 spiro atoms. The molecule has 0 bridgehead atoms. The van der Waals surface area contributed by atoms with Crippen molar-refractivity contribution in [1.82, 2.24) is 0 Å². The summed E-state index contributed by atoms with van der Waals surface area (Å²) in [5.41, 5.74) is -2.85. The molecule has 194 valence electrons. The number of ether oxygens (including phenoxy) is 4. The minimum atomic E-state index is -2.85. The summed E-state index contributed by atoms with van der Waals surface area (Å²) in [4.78, 5) is 0. The van der Waals surface area contributed by atoms with Crippen LogP contribution in [0.3, 0.4) is 0 Å². The van der Waals surface area contributed by atoms with E-state index in [1.54, 1.807) is 0 Å². The van der Waals surface area contributed by atoms with Crippen molar-refractivity contribution in [2.45, 2.75) is 98.4 Å². The fourth-order valence-corrected chi connectivity index (χ4v) is 4.44. The summed E-state index contributed by atoms with van der Waals surface area (Å²) in [5.74, 6) is 0. The van der Waals surface area contributed by atoms with Gasteiger partial charge in [0.05, 0.1) is 19.3 Å². The minimum Gasteiger partial charge on any atom is -0.394 e. The van der Waals surface area contributed by atoms with E-state index in [0.717, 1.165) is 0 Å². The van der Waals surface area contributed by atoms with Gasteiger partial charge in [-0.3, -0.25) is 0 Å². The van der Waals surface area contributed by atoms with Crippen molar-refractivity contribution in [1.29, 1.82) is 0 Å². The van der Waals surface area contributed by atoms with E-state index in [4.69, 9.17) is 18.9 Å². The molecule has 15 atom stereocenters. The van der Waals surface area contributed by atoms with Crippen LogP contribution in [0.4, 0.5) is 0 Å². The van der Waals surface area contributed by atoms with Crippen LogP contribution in [0, 0.1) is 0 Å². The van der Waals surface area contributed by atoms with Crippen LogP contribution in [0.2, 0.25) is 0 Å². The highest BCUT2D eigenvalue weighted by Gasteiger charge is 2.65. The smallest absolute Gasteiger partial charge is 0.187 e. The summed E-state index contributed by atoms with van der Waals surface area (Å²) in [6, 6.07) is 0. The lowest BCUT2D eigenvalue weighted by molar-refractivity contribution is -0.400. The summed E-state index contributed by atoms with van der Waals surface area (Å²) >= 11 is 0. The highest BCUT2D eigenvalue weighted by atomic mass is 16.7. The zero-order valence-electron chi connectivity index (χ0n) is 17.5. The topological polar surface area (TPSA) is 259 Å². The fraction of sp³-hybridized carbons (Fsp3) is 1.00. The Bertz CT molecular complexity index is 652. The van der Waals surface area contributed by atoms with Crippen molar-refractivity contribution in [2.24, 2.45) is 0 Å². The summed E-state index contributed by atoms with van der Waals surface area (Å²) < 4.78 is 21.3. The fourth-order valence-electron chi connectivity index (χ4n) is 4.44. The molecule has 15 nitrogen and oxygen atoms in total. The van der Waals surface area contributed by atoms with Crippen LogP contribution in [0.1, 0.15) is 6.92 Å². The van der Waals surface area contributed by atoms with Crippen LogP contribution in [-0.4, -0.2) is 161 Å². The quantitative estimate of drug-likeness (QED) is 0.172. The van der Waals surface area contributed by atoms with Crippen molar-refractivity contribution in [3.05, 3.63) is 0 Å². The molecule has 0 radical (unpaired) electrons. The van der Waals surface area contributed by atoms with Crippen LogP contribution < -0.4 is 0 Å². The maximum Gasteiger partial charge on any atom is 0.187 e. The number of rotatable bonds is 5. The Kier molecular flexibility index (Phi) is 8.32. The molecule has 3 aliphatic heterocycles. The lowest BCUT2D eigenvalue weighted by Gasteiger charge is -2.55. The number of hydrogen-bond donors (Lipinski definition) is 11. The standard InChI is InChI=1S/C18H32O15/c1-4-7(21)9(23)11(25)15(30-4)18(29)13(27)16(28)31-6(3-20)14(18)33-17-12(26)10(24)8(22)5(2-19)32-17/h4-17,19-29H,2-3H2,1H3/t4-,5+,6+,7+,8-,9+,10-,11-,12+,13-,14+,15?,16?,17-,18+/m0/s1. The van der Waals surface area contributed by atoms with E-state index in [1.807, 2.05) is 0 Å². The molecule has 0 aromatic heterocycles. The lowest BCUT2D eigenvalue weighted by atomic mass is 9.74. The molecule has 0 aromatic rings. The van der Waals surface area contributed by atoms with Crippen LogP contribution in [0.15, 0.2) is 0 Å². The molecular weight excluding hydrogens is 456 g/mol. The molecule has 3 aliphatic rings. The van der Waals surface area contributed by atoms with Crippen molar-refractivity contribution >= 4 is 0 Å². The second-order valence-electron chi connectivity index (χ2n) is 8.57. The molecule has 3 saturated heterocycles. The molecule has 15 heteroatoms. The molecule has 2 unspecified atom stereocenters. The van der Waals surface area contributed by atoms with Crippen molar-refractivity contribution < 1.29 is 75.1 Å². The first-order chi connectivity index (χ1) is 15.4. The summed E-state index contributed by atoms with van der Waals surface area (Å²) in [5, 5.41) is 112. The van der Waals surface area contributed by atoms with Gasteiger partial charge in [0.1, 0.15) is 67.1 Å². The Morgan fingerprint density at radius 1 is 0.697 bits per heavy atom. The third kappa shape index (κ3) is 4.53. The maximum absolute atomic E-state index is 11.5. The second kappa shape index (κ2) is 10.2. The Morgan fingerprint density at radius 2 is 1.27 bits per heavy atom. The van der Waals surface area contributed by atoms with Crippen LogP contribution >= 0.6 is 0 Å². The minimum absolute atomic E-state index is 0.799. The first-order valence-electron chi connectivity index (χ1n) is 10.4. The Labute approximate surface area is 187 Å². The molecule has 11 N–H and O–H groups in total. The Hall–Kier alpha value is -0.600. The highest BCUT2D eigenvalue weighted by Crippen LogP contribution is 2.41. The molecule has 0 aliphatic carbocycles. The van der Waals surface area contributed by atoms with Gasteiger partial charge in [0.25, 0.3) is 0 Å². The predicted octanol–water partition coefficient (Wildman–Crippen LogP) is -7.16. The summed E-state index contributed by atoms with van der Waals surface area (Å²) in [7, 11) is 0. The van der Waals surface area contributed by atoms with E-state index in [1.165, 1.54) is 6.92 Å². The molecule has 0 saturated carbocycles. The van der Waals surface area contributed by atoms with Crippen molar-refractivity contribution in [3.63, 3.8) is 0 Å². The Balaban J connectivity index is 1.98. The van der Waals surface area contributed by atoms with Gasteiger partial charge in [-0.25, -0.2) is 0 Å². The third-order valence-electron chi connectivity index (χ3n) is 6.47. The Morgan fingerprint density at radius 3 is 1.85 bits per heavy atom. The summed E-state index contributed by atoms with van der Waals surface area (Å²) in [6.45, 7) is -0.431. The molecule has 3 fully saturated rings. The molecular formula is C18H32O15. The van der Waals surface area contributed by atoms with Gasteiger partial charge in [-0.05, 0) is 6.92 Å². The molecule has 3 rings (SSSR count). The number of aliphatic hydroxyl groups excluding tert-OH is 10. The van der Waals surface area contributed by atoms with E-state index >= 15 is 0 Å². The van der Waals surface area contributed by atoms with E-state index in [-0.39, 0.29) is 0 Å². The van der Waals surface area contributed by atoms with Crippen LogP contribution in [0.5, 0.6) is 0 Å². The number of hydrogen-bond acceptors (Lipinski definition) is 15. The van der Waals surface area contributed by atoms with Crippen molar-refractivity contribution in [3.8, 4) is 0 Å². The average Bonchev–Trinajstić information content (AvgIpc) is 2.80. The highest BCUT2D eigenvalue weighted by molar-refractivity contribution is 5.12. The van der Waals surface area contributed by atoms with Crippen LogP contribution in [-0.2, 0) is 18.9 Å². The maximum atomic E-state index is 11.5. The molecule has 0 amide bonds. The SMILES string of the molecule is C[C@@H]1OC([C@]2(O)[C@H](O[C@@H]3O[C@H](CO)[C@H](O)[C@H](O)[C@H]3O)[C@@H](CO)OC(O)[C@@H]2O)[C@@H](O)[C@H](O)[C@@H]1O. The van der Waals surface area contributed by atoms with Gasteiger partial charge in [0, 0.05) is 0 Å². The monoisotopic (exact) mass is 488 g/mol. The zero-order valence-corrected chi connectivity index (χ0v) is 17.5. The van der Waals surface area contributed by atoms with E-state index in [2.05, 4.69) is 0 Å². The van der Waals surface area contributed by atoms with Gasteiger partial charge in [0.15, 0.2) is 18.2 Å². The largest absolute Gasteiger partial charge is 0.394 e. The van der Waals surface area contributed by atoms with E-state index < -0.39 is 105 Å². The van der Waals surface area contributed by atoms with Crippen molar-refractivity contribution in [2.75, 3.05) is 13.2 Å². The van der Waals surface area contributed by atoms with Gasteiger partial charge in [-0.1, -0.05) is 0 Å². The van der Waals surface area contributed by atoms with E-state index in [9.17, 15) is 56.2 Å². The van der Waals surface area contributed by atoms with E-state index in [0.29, 0.717) is 0 Å². The summed E-state index contributed by atoms with van der Waals surface area (Å²) in [6.07, 6.45) is -25.3. The predicted molar refractivity (Wildman–Crippen MR) is 99.9 cm³/mol. The first kappa shape index (κ1) is 27.0. The van der Waals surface area contributed by atoms with Gasteiger partial charge >= 0.3 is 0 Å². The van der Waals surface area contributed by atoms with Gasteiger partial charge < -0.3 is 75.1 Å². The zero-order chi connectivity index (χ0) is 24.8. The second-order valence-corrected chi connectivity index (χ2v) is 8.57. The van der Waals surface area contributed by atoms with Gasteiger partial charge in [0.2, 0.25) is 0 Å². The molecule has 33 heavy (non-hydrogen) atoms. The van der Waals surface area contributed by atoms with Crippen LogP contribution in [0.25, 0.3) is 0 Å². The molecule has 3 heterocycles. The normalized spacial score (nSPS) is 56.0. The number of aliphatic hydroxyl groups is 11. The third-order valence-corrected chi connectivity index (χ3v) is 6.47. The first-order valence-corrected chi connectivity index (χ1v) is 10.4. The van der Waals surface area contributed by atoms with Gasteiger partial charge in [-0.2, -0.15) is 0 Å². The van der Waals surface area contributed by atoms with Gasteiger partial charge in [-0.15, -0.1) is 0 Å².